The molecule has 3 aliphatic heterocycles. The molecule has 0 unspecified atom stereocenters. The summed E-state index contributed by atoms with van der Waals surface area (Å²) in [5.41, 5.74) is 2.10. The van der Waals surface area contributed by atoms with Crippen molar-refractivity contribution in [3.8, 4) is 5.75 Å². The zero-order valence-corrected chi connectivity index (χ0v) is 26.4. The molecule has 0 radical (unpaired) electrons. The Morgan fingerprint density at radius 2 is 1.64 bits per heavy atom. The van der Waals surface area contributed by atoms with E-state index in [0.717, 1.165) is 24.5 Å². The van der Waals surface area contributed by atoms with Crippen molar-refractivity contribution >= 4 is 58.4 Å². The van der Waals surface area contributed by atoms with Gasteiger partial charge in [0.25, 0.3) is 11.8 Å². The van der Waals surface area contributed by atoms with Crippen molar-refractivity contribution in [3.63, 3.8) is 0 Å². The molecule has 3 heterocycles. The Balaban J connectivity index is 1.22. The van der Waals surface area contributed by atoms with Crippen LogP contribution in [0.25, 0.3) is 0 Å². The van der Waals surface area contributed by atoms with Crippen LogP contribution in [0.2, 0.25) is 5.02 Å². The molecular formula is C33H32Cl3N3O5. The summed E-state index contributed by atoms with van der Waals surface area (Å²) in [6, 6.07) is 14.4. The number of piperidine rings is 1. The third-order valence-electron chi connectivity index (χ3n) is 10.5. The average Bonchev–Trinajstić information content (AvgIpc) is 3.34. The molecule has 6 atom stereocenters. The fourth-order valence-corrected chi connectivity index (χ4v) is 9.60. The number of benzene rings is 2. The lowest BCUT2D eigenvalue weighted by atomic mass is 9.56. The molecule has 230 valence electrons. The largest absolute Gasteiger partial charge is 0.508 e. The van der Waals surface area contributed by atoms with Gasteiger partial charge in [0.15, 0.2) is 9.75 Å². The number of rotatable bonds is 4. The maximum atomic E-state index is 14.3. The van der Waals surface area contributed by atoms with Gasteiger partial charge in [-0.05, 0) is 55.4 Å². The first-order chi connectivity index (χ1) is 21.0. The van der Waals surface area contributed by atoms with E-state index in [1.807, 2.05) is 24.3 Å². The van der Waals surface area contributed by atoms with Gasteiger partial charge in [-0.25, -0.2) is 0 Å². The molecule has 7 rings (SSSR count). The molecule has 1 saturated carbocycles. The quantitative estimate of drug-likeness (QED) is 0.291. The number of carbonyl (C=O) groups excluding carboxylic acids is 4. The second-order valence-electron chi connectivity index (χ2n) is 12.7. The predicted octanol–water partition coefficient (Wildman–Crippen LogP) is 4.70. The minimum Gasteiger partial charge on any atom is -0.508 e. The van der Waals surface area contributed by atoms with Crippen molar-refractivity contribution in [2.75, 3.05) is 20.1 Å². The summed E-state index contributed by atoms with van der Waals surface area (Å²) in [4.78, 5) is 56.4. The highest BCUT2D eigenvalue weighted by molar-refractivity contribution is 6.53. The van der Waals surface area contributed by atoms with Crippen molar-refractivity contribution in [2.45, 2.75) is 53.9 Å². The van der Waals surface area contributed by atoms with Crippen molar-refractivity contribution in [2.24, 2.45) is 17.8 Å². The molecule has 0 bridgehead atoms. The number of phenolic OH excluding ortho intramolecular Hbond substituents is 1. The molecule has 8 nitrogen and oxygen atoms in total. The van der Waals surface area contributed by atoms with E-state index in [1.54, 1.807) is 0 Å². The Labute approximate surface area is 270 Å². The average molecular weight is 657 g/mol. The molecule has 2 aliphatic carbocycles. The minimum atomic E-state index is -1.96. The summed E-state index contributed by atoms with van der Waals surface area (Å²) in [5, 5.41) is 11.3. The number of likely N-dealkylation sites (tertiary alicyclic amines) is 3. The SMILES string of the molecule is CN1C(=O)[C@]2(Cl)C[C@@H]3C(=CC[C@@H]4C(=O)N(C5CCN(Cc6ccccc6)CC5)C(=O)[C@@H]43)[C@H](c3cc(Cl)ccc3O)[C@]2(Cl)C1=O. The fraction of sp³-hybridized carbons (Fsp3) is 0.455. The van der Waals surface area contributed by atoms with Crippen LogP contribution >= 0.6 is 34.8 Å². The summed E-state index contributed by atoms with van der Waals surface area (Å²) in [6.45, 7) is 2.34. The first kappa shape index (κ1) is 29.8. The molecule has 4 fully saturated rings. The van der Waals surface area contributed by atoms with E-state index in [9.17, 15) is 24.3 Å². The number of carbonyl (C=O) groups is 4. The van der Waals surface area contributed by atoms with Crippen LogP contribution < -0.4 is 0 Å². The highest BCUT2D eigenvalue weighted by atomic mass is 35.5. The van der Waals surface area contributed by atoms with Gasteiger partial charge >= 0.3 is 0 Å². The van der Waals surface area contributed by atoms with Gasteiger partial charge in [-0.15, -0.1) is 23.2 Å². The number of amides is 4. The maximum absolute atomic E-state index is 14.3. The summed E-state index contributed by atoms with van der Waals surface area (Å²) in [5.74, 6) is -4.98. The highest BCUT2D eigenvalue weighted by Crippen LogP contribution is 2.66. The van der Waals surface area contributed by atoms with Crippen molar-refractivity contribution in [1.29, 1.82) is 0 Å². The van der Waals surface area contributed by atoms with E-state index in [0.29, 0.717) is 23.4 Å². The zero-order chi connectivity index (χ0) is 31.1. The first-order valence-electron chi connectivity index (χ1n) is 15.0. The molecule has 0 aromatic heterocycles. The normalized spacial score (nSPS) is 34.2. The number of aromatic hydroxyl groups is 1. The number of alkyl halides is 2. The summed E-state index contributed by atoms with van der Waals surface area (Å²) in [6.07, 6.45) is 3.42. The van der Waals surface area contributed by atoms with Gasteiger partial charge in [0, 0.05) is 49.2 Å². The van der Waals surface area contributed by atoms with Crippen LogP contribution in [0.4, 0.5) is 0 Å². The van der Waals surface area contributed by atoms with Crippen LogP contribution in [0.5, 0.6) is 5.75 Å². The second-order valence-corrected chi connectivity index (χ2v) is 14.4. The third kappa shape index (κ3) is 4.14. The van der Waals surface area contributed by atoms with Crippen LogP contribution in [-0.2, 0) is 25.7 Å². The number of phenols is 1. The summed E-state index contributed by atoms with van der Waals surface area (Å²) in [7, 11) is 1.34. The zero-order valence-electron chi connectivity index (χ0n) is 24.1. The van der Waals surface area contributed by atoms with E-state index in [1.165, 1.54) is 35.7 Å². The minimum absolute atomic E-state index is 0.0832. The van der Waals surface area contributed by atoms with E-state index in [-0.39, 0.29) is 42.0 Å². The number of hydrogen-bond acceptors (Lipinski definition) is 6. The number of allylic oxidation sites excluding steroid dienone is 2. The van der Waals surface area contributed by atoms with Gasteiger partial charge in [-0.3, -0.25) is 33.9 Å². The molecular weight excluding hydrogens is 625 g/mol. The molecule has 2 aromatic rings. The predicted molar refractivity (Wildman–Crippen MR) is 165 cm³/mol. The van der Waals surface area contributed by atoms with E-state index in [4.69, 9.17) is 34.8 Å². The topological polar surface area (TPSA) is 98.2 Å². The molecule has 1 N–H and O–H groups in total. The Bertz CT molecular complexity index is 1610. The van der Waals surface area contributed by atoms with Gasteiger partial charge in [0.05, 0.1) is 11.8 Å². The van der Waals surface area contributed by atoms with Gasteiger partial charge in [-0.2, -0.15) is 0 Å². The van der Waals surface area contributed by atoms with Crippen molar-refractivity contribution in [1.82, 2.24) is 14.7 Å². The number of hydrogen-bond donors (Lipinski definition) is 1. The number of nitrogens with zero attached hydrogens (tertiary/aromatic N) is 3. The molecule has 44 heavy (non-hydrogen) atoms. The van der Waals surface area contributed by atoms with Crippen LogP contribution in [0.15, 0.2) is 60.2 Å². The van der Waals surface area contributed by atoms with Gasteiger partial charge in [-0.1, -0.05) is 53.6 Å². The molecule has 2 aromatic carbocycles. The standard InChI is InChI=1S/C33H32Cl3N3O5/c1-37-30(43)32(35)16-24-21(27(33(32,36)31(37)44)23-15-19(34)7-10-25(23)40)8-9-22-26(24)29(42)39(28(22)41)20-11-13-38(14-12-20)17-18-5-3-2-4-6-18/h2-8,10,15,20,22,24,26-27,40H,9,11-14,16-17H2,1H3/t22-,24+,26-,27+,32+,33-/m0/s1. The fourth-order valence-electron chi connectivity index (χ4n) is 8.41. The second kappa shape index (κ2) is 10.6. The Morgan fingerprint density at radius 1 is 0.932 bits per heavy atom. The third-order valence-corrected chi connectivity index (χ3v) is 12.2. The van der Waals surface area contributed by atoms with Gasteiger partial charge in [0.1, 0.15) is 5.75 Å². The summed E-state index contributed by atoms with van der Waals surface area (Å²) >= 11 is 20.7. The summed E-state index contributed by atoms with van der Waals surface area (Å²) < 4.78 is 0. The van der Waals surface area contributed by atoms with Crippen LogP contribution in [0.3, 0.4) is 0 Å². The molecule has 4 amide bonds. The number of halogens is 3. The van der Waals surface area contributed by atoms with Crippen molar-refractivity contribution < 1.29 is 24.3 Å². The number of imide groups is 2. The first-order valence-corrected chi connectivity index (χ1v) is 16.1. The Hall–Kier alpha value is -2.91. The molecule has 3 saturated heterocycles. The van der Waals surface area contributed by atoms with E-state index >= 15 is 0 Å². The van der Waals surface area contributed by atoms with Gasteiger partial charge in [0.2, 0.25) is 11.8 Å². The molecule has 5 aliphatic rings. The van der Waals surface area contributed by atoms with Crippen LogP contribution in [0, 0.1) is 17.8 Å². The van der Waals surface area contributed by atoms with Crippen LogP contribution in [-0.4, -0.2) is 79.4 Å². The Kier molecular flexibility index (Phi) is 7.16. The van der Waals surface area contributed by atoms with Gasteiger partial charge < -0.3 is 5.11 Å². The maximum Gasteiger partial charge on any atom is 0.253 e. The lowest BCUT2D eigenvalue weighted by Gasteiger charge is -2.50. The monoisotopic (exact) mass is 655 g/mol. The lowest BCUT2D eigenvalue weighted by molar-refractivity contribution is -0.144. The lowest BCUT2D eigenvalue weighted by Crippen LogP contribution is -2.60. The van der Waals surface area contributed by atoms with Crippen LogP contribution in [0.1, 0.15) is 42.7 Å². The Morgan fingerprint density at radius 3 is 2.34 bits per heavy atom. The molecule has 0 spiro atoms. The van der Waals surface area contributed by atoms with Crippen molar-refractivity contribution in [3.05, 3.63) is 76.3 Å². The van der Waals surface area contributed by atoms with E-state index in [2.05, 4.69) is 17.0 Å². The van der Waals surface area contributed by atoms with E-state index < -0.39 is 45.2 Å². The number of fused-ring (bicyclic) bond motifs is 4. The highest BCUT2D eigenvalue weighted by Gasteiger charge is 2.76. The smallest absolute Gasteiger partial charge is 0.253 e. The molecule has 11 heteroatoms.